The van der Waals surface area contributed by atoms with Gasteiger partial charge in [-0.05, 0) is 62.1 Å². The van der Waals surface area contributed by atoms with Crippen LogP contribution in [0.25, 0.3) is 0 Å². The van der Waals surface area contributed by atoms with E-state index < -0.39 is 0 Å². The molecule has 1 aromatic rings. The van der Waals surface area contributed by atoms with Gasteiger partial charge in [0, 0.05) is 12.1 Å². The molecule has 2 aliphatic rings. The fraction of sp³-hybridized carbons (Fsp3) is 0.647. The Labute approximate surface area is 115 Å². The highest BCUT2D eigenvalue weighted by Gasteiger charge is 2.34. The minimum absolute atomic E-state index is 0.137. The third-order valence-electron chi connectivity index (χ3n) is 4.87. The van der Waals surface area contributed by atoms with Crippen molar-refractivity contribution in [2.45, 2.75) is 57.5 Å². The molecule has 1 nitrogen and oxygen atoms in total. The molecule has 0 saturated heterocycles. The van der Waals surface area contributed by atoms with Crippen molar-refractivity contribution in [2.24, 2.45) is 11.8 Å². The molecular weight excluding hydrogens is 237 g/mol. The van der Waals surface area contributed by atoms with Crippen LogP contribution >= 0.6 is 0 Å². The zero-order chi connectivity index (χ0) is 13.2. The molecule has 1 aromatic carbocycles. The van der Waals surface area contributed by atoms with Crippen LogP contribution < -0.4 is 5.32 Å². The molecule has 0 aromatic heterocycles. The number of halogens is 1. The first kappa shape index (κ1) is 13.1. The molecule has 0 spiro atoms. The maximum atomic E-state index is 13.1. The van der Waals surface area contributed by atoms with Crippen LogP contribution in [0, 0.1) is 17.7 Å². The van der Waals surface area contributed by atoms with Crippen molar-refractivity contribution in [3.63, 3.8) is 0 Å². The van der Waals surface area contributed by atoms with E-state index in [0.717, 1.165) is 11.8 Å². The van der Waals surface area contributed by atoms with Crippen molar-refractivity contribution in [1.29, 1.82) is 0 Å². The van der Waals surface area contributed by atoms with Crippen molar-refractivity contribution < 1.29 is 4.39 Å². The van der Waals surface area contributed by atoms with Crippen LogP contribution in [-0.4, -0.2) is 6.04 Å². The second-order valence-electron chi connectivity index (χ2n) is 6.37. The summed E-state index contributed by atoms with van der Waals surface area (Å²) >= 11 is 0. The van der Waals surface area contributed by atoms with E-state index in [2.05, 4.69) is 12.2 Å². The number of hydrogen-bond donors (Lipinski definition) is 1. The van der Waals surface area contributed by atoms with E-state index in [0.29, 0.717) is 12.1 Å². The lowest BCUT2D eigenvalue weighted by Crippen LogP contribution is -2.36. The highest BCUT2D eigenvalue weighted by molar-refractivity contribution is 5.22. The van der Waals surface area contributed by atoms with E-state index in [1.807, 2.05) is 12.1 Å². The lowest BCUT2D eigenvalue weighted by Gasteiger charge is -2.27. The Hall–Kier alpha value is -0.890. The summed E-state index contributed by atoms with van der Waals surface area (Å²) in [5, 5.41) is 3.83. The van der Waals surface area contributed by atoms with Crippen LogP contribution in [0.3, 0.4) is 0 Å². The highest BCUT2D eigenvalue weighted by Crippen LogP contribution is 2.42. The van der Waals surface area contributed by atoms with Crippen molar-refractivity contribution in [3.8, 4) is 0 Å². The Morgan fingerprint density at radius 3 is 2.21 bits per heavy atom. The molecule has 3 rings (SSSR count). The van der Waals surface area contributed by atoms with Crippen molar-refractivity contribution >= 4 is 0 Å². The molecule has 1 N–H and O–H groups in total. The first-order valence-electron chi connectivity index (χ1n) is 7.75. The van der Waals surface area contributed by atoms with Crippen molar-refractivity contribution in [3.05, 3.63) is 35.6 Å². The van der Waals surface area contributed by atoms with Crippen LogP contribution in [0.4, 0.5) is 4.39 Å². The largest absolute Gasteiger partial charge is 0.307 e. The minimum atomic E-state index is -0.137. The maximum absolute atomic E-state index is 13.1. The summed E-state index contributed by atoms with van der Waals surface area (Å²) < 4.78 is 13.1. The molecule has 2 aliphatic carbocycles. The smallest absolute Gasteiger partial charge is 0.123 e. The third kappa shape index (κ3) is 3.17. The first-order chi connectivity index (χ1) is 9.24. The summed E-state index contributed by atoms with van der Waals surface area (Å²) in [4.78, 5) is 0. The molecule has 0 aliphatic heterocycles. The van der Waals surface area contributed by atoms with E-state index in [9.17, 15) is 4.39 Å². The van der Waals surface area contributed by atoms with Crippen LogP contribution in [0.5, 0.6) is 0 Å². The molecule has 1 unspecified atom stereocenters. The van der Waals surface area contributed by atoms with E-state index in [4.69, 9.17) is 0 Å². The molecule has 104 valence electrons. The molecule has 0 radical (unpaired) electrons. The average Bonchev–Trinajstić information content (AvgIpc) is 3.10. The van der Waals surface area contributed by atoms with E-state index in [1.165, 1.54) is 44.1 Å². The van der Waals surface area contributed by atoms with Gasteiger partial charge in [0.25, 0.3) is 0 Å². The highest BCUT2D eigenvalue weighted by atomic mass is 19.1. The predicted octanol–water partition coefficient (Wildman–Crippen LogP) is 4.45. The lowest BCUT2D eigenvalue weighted by molar-refractivity contribution is 0.326. The van der Waals surface area contributed by atoms with Gasteiger partial charge < -0.3 is 5.32 Å². The van der Waals surface area contributed by atoms with E-state index in [1.54, 1.807) is 12.1 Å². The predicted molar refractivity (Wildman–Crippen MR) is 76.4 cm³/mol. The summed E-state index contributed by atoms with van der Waals surface area (Å²) in [6, 6.07) is 8.09. The minimum Gasteiger partial charge on any atom is -0.307 e. The Bertz CT molecular complexity index is 404. The monoisotopic (exact) mass is 261 g/mol. The summed E-state index contributed by atoms with van der Waals surface area (Å²) in [6.07, 6.45) is 8.14. The number of benzene rings is 1. The van der Waals surface area contributed by atoms with Gasteiger partial charge in [-0.1, -0.05) is 25.0 Å². The van der Waals surface area contributed by atoms with Gasteiger partial charge in [-0.15, -0.1) is 0 Å². The molecule has 2 atom stereocenters. The zero-order valence-corrected chi connectivity index (χ0v) is 11.7. The van der Waals surface area contributed by atoms with Crippen LogP contribution in [-0.2, 0) is 0 Å². The quantitative estimate of drug-likeness (QED) is 0.826. The molecule has 2 heteroatoms. The Balaban J connectivity index is 1.68. The molecule has 0 heterocycles. The summed E-state index contributed by atoms with van der Waals surface area (Å²) in [6.45, 7) is 2.33. The SMILES string of the molecule is C[C@@H](NC(c1ccc(F)cc1)C1CC1)C1CCCC1. The zero-order valence-electron chi connectivity index (χ0n) is 11.7. The molecule has 2 saturated carbocycles. The van der Waals surface area contributed by atoms with Crippen molar-refractivity contribution in [2.75, 3.05) is 0 Å². The molecule has 19 heavy (non-hydrogen) atoms. The van der Waals surface area contributed by atoms with E-state index >= 15 is 0 Å². The standard InChI is InChI=1S/C17H24FN/c1-12(13-4-2-3-5-13)19-17(14-6-7-14)15-8-10-16(18)11-9-15/h8-14,17,19H,2-7H2,1H3/t12-,17?/m1/s1. The molecular formula is C17H24FN. The fourth-order valence-electron chi connectivity index (χ4n) is 3.48. The fourth-order valence-corrected chi connectivity index (χ4v) is 3.48. The summed E-state index contributed by atoms with van der Waals surface area (Å²) in [5.41, 5.74) is 1.26. The van der Waals surface area contributed by atoms with Crippen LogP contribution in [0.1, 0.15) is 57.1 Å². The summed E-state index contributed by atoms with van der Waals surface area (Å²) in [7, 11) is 0. The van der Waals surface area contributed by atoms with Gasteiger partial charge in [0.1, 0.15) is 5.82 Å². The maximum Gasteiger partial charge on any atom is 0.123 e. The third-order valence-corrected chi connectivity index (χ3v) is 4.87. The Morgan fingerprint density at radius 1 is 1.00 bits per heavy atom. The van der Waals surface area contributed by atoms with Crippen molar-refractivity contribution in [1.82, 2.24) is 5.32 Å². The van der Waals surface area contributed by atoms with Gasteiger partial charge in [-0.3, -0.25) is 0 Å². The van der Waals surface area contributed by atoms with Gasteiger partial charge in [-0.25, -0.2) is 4.39 Å². The lowest BCUT2D eigenvalue weighted by atomic mass is 9.95. The normalized spacial score (nSPS) is 23.5. The number of hydrogen-bond acceptors (Lipinski definition) is 1. The summed E-state index contributed by atoms with van der Waals surface area (Å²) in [5.74, 6) is 1.46. The van der Waals surface area contributed by atoms with Gasteiger partial charge in [0.15, 0.2) is 0 Å². The number of nitrogens with one attached hydrogen (secondary N) is 1. The van der Waals surface area contributed by atoms with Crippen LogP contribution in [0.2, 0.25) is 0 Å². The molecule has 0 amide bonds. The van der Waals surface area contributed by atoms with Gasteiger partial charge in [-0.2, -0.15) is 0 Å². The second-order valence-corrected chi connectivity index (χ2v) is 6.37. The molecule has 0 bridgehead atoms. The Morgan fingerprint density at radius 2 is 1.63 bits per heavy atom. The van der Waals surface area contributed by atoms with Gasteiger partial charge >= 0.3 is 0 Å². The van der Waals surface area contributed by atoms with E-state index in [-0.39, 0.29) is 5.82 Å². The van der Waals surface area contributed by atoms with Gasteiger partial charge in [0.05, 0.1) is 0 Å². The Kier molecular flexibility index (Phi) is 3.88. The number of rotatable bonds is 5. The average molecular weight is 261 g/mol. The van der Waals surface area contributed by atoms with Gasteiger partial charge in [0.2, 0.25) is 0 Å². The first-order valence-corrected chi connectivity index (χ1v) is 7.75. The van der Waals surface area contributed by atoms with Crippen LogP contribution in [0.15, 0.2) is 24.3 Å². The topological polar surface area (TPSA) is 12.0 Å². The second kappa shape index (κ2) is 5.62. The molecule has 2 fully saturated rings.